The fourth-order valence-corrected chi connectivity index (χ4v) is 4.54. The first-order chi connectivity index (χ1) is 16.5. The molecule has 0 aromatic heterocycles. The molecule has 0 atom stereocenters. The lowest BCUT2D eigenvalue weighted by atomic mass is 9.82. The molecule has 1 aliphatic carbocycles. The van der Waals surface area contributed by atoms with Gasteiger partial charge in [-0.1, -0.05) is 30.3 Å². The molecule has 0 aliphatic heterocycles. The van der Waals surface area contributed by atoms with Gasteiger partial charge in [0.2, 0.25) is 0 Å². The Hall–Kier alpha value is -2.99. The second-order valence-electron chi connectivity index (χ2n) is 8.53. The normalized spacial score (nSPS) is 18.0. The van der Waals surface area contributed by atoms with Gasteiger partial charge in [-0.25, -0.2) is 13.2 Å². The lowest BCUT2D eigenvalue weighted by Gasteiger charge is -2.29. The average molecular weight is 471 g/mol. The van der Waals surface area contributed by atoms with Crippen LogP contribution >= 0.6 is 0 Å². The number of methoxy groups -OCH3 is 1. The summed E-state index contributed by atoms with van der Waals surface area (Å²) in [6.07, 6.45) is 2.98. The van der Waals surface area contributed by atoms with E-state index in [-0.39, 0.29) is 35.6 Å². The Morgan fingerprint density at radius 2 is 1.53 bits per heavy atom. The molecule has 180 valence electrons. The van der Waals surface area contributed by atoms with Crippen LogP contribution in [0.2, 0.25) is 0 Å². The topological polar surface area (TPSA) is 27.7 Å². The standard InChI is InChI=1S/C28H29F3O3/c1-3-33-23-13-15-24(26(29)16-23)18-6-11-22(12-7-18)34-17-20-8-14-25(28(31)27(20)30)19-4-9-21(32-2)10-5-19/h4-5,8-10,13-16,18,22H,3,6-7,11-12,17H2,1-2H3. The van der Waals surface area contributed by atoms with E-state index in [1.54, 1.807) is 55.6 Å². The fraction of sp³-hybridized carbons (Fsp3) is 0.357. The smallest absolute Gasteiger partial charge is 0.167 e. The number of hydrogen-bond donors (Lipinski definition) is 0. The second kappa shape index (κ2) is 11.0. The van der Waals surface area contributed by atoms with Crippen molar-refractivity contribution in [3.05, 3.63) is 83.2 Å². The van der Waals surface area contributed by atoms with Gasteiger partial charge in [0.05, 0.1) is 26.4 Å². The Balaban J connectivity index is 1.34. The molecule has 1 fully saturated rings. The SMILES string of the molecule is CCOc1ccc(C2CCC(OCc3ccc(-c4ccc(OC)cc4)c(F)c3F)CC2)c(F)c1. The third-order valence-corrected chi connectivity index (χ3v) is 6.43. The molecule has 0 unspecified atom stereocenters. The summed E-state index contributed by atoms with van der Waals surface area (Å²) in [4.78, 5) is 0. The molecule has 1 aliphatic rings. The highest BCUT2D eigenvalue weighted by Crippen LogP contribution is 2.37. The summed E-state index contributed by atoms with van der Waals surface area (Å²) in [5.74, 6) is -0.722. The molecule has 3 nitrogen and oxygen atoms in total. The molecule has 4 rings (SSSR count). The van der Waals surface area contributed by atoms with Crippen LogP contribution in [0.5, 0.6) is 11.5 Å². The van der Waals surface area contributed by atoms with Crippen LogP contribution in [0.4, 0.5) is 13.2 Å². The van der Waals surface area contributed by atoms with E-state index in [0.29, 0.717) is 29.2 Å². The molecule has 34 heavy (non-hydrogen) atoms. The van der Waals surface area contributed by atoms with Crippen LogP contribution in [-0.2, 0) is 11.3 Å². The van der Waals surface area contributed by atoms with Crippen molar-refractivity contribution in [1.29, 1.82) is 0 Å². The van der Waals surface area contributed by atoms with Crippen LogP contribution in [0.1, 0.15) is 49.7 Å². The van der Waals surface area contributed by atoms with E-state index in [4.69, 9.17) is 14.2 Å². The molecule has 3 aromatic carbocycles. The Kier molecular flexibility index (Phi) is 7.78. The van der Waals surface area contributed by atoms with Gasteiger partial charge in [-0.05, 0) is 67.9 Å². The summed E-state index contributed by atoms with van der Waals surface area (Å²) in [5, 5.41) is 0. The molecule has 3 aromatic rings. The molecule has 0 N–H and O–H groups in total. The third-order valence-electron chi connectivity index (χ3n) is 6.43. The average Bonchev–Trinajstić information content (AvgIpc) is 2.86. The molecule has 0 saturated heterocycles. The van der Waals surface area contributed by atoms with Crippen molar-refractivity contribution in [2.24, 2.45) is 0 Å². The number of benzene rings is 3. The number of halogens is 3. The largest absolute Gasteiger partial charge is 0.497 e. The Morgan fingerprint density at radius 1 is 0.824 bits per heavy atom. The minimum Gasteiger partial charge on any atom is -0.497 e. The second-order valence-corrected chi connectivity index (χ2v) is 8.53. The van der Waals surface area contributed by atoms with Crippen LogP contribution in [0, 0.1) is 17.5 Å². The van der Waals surface area contributed by atoms with Crippen LogP contribution in [0.15, 0.2) is 54.6 Å². The predicted molar refractivity (Wildman–Crippen MR) is 126 cm³/mol. The molecular formula is C28H29F3O3. The lowest BCUT2D eigenvalue weighted by molar-refractivity contribution is 0.0117. The quantitative estimate of drug-likeness (QED) is 0.343. The van der Waals surface area contributed by atoms with Gasteiger partial charge >= 0.3 is 0 Å². The first kappa shape index (κ1) is 24.1. The molecule has 0 spiro atoms. The monoisotopic (exact) mass is 470 g/mol. The van der Waals surface area contributed by atoms with Gasteiger partial charge in [0.1, 0.15) is 17.3 Å². The molecule has 0 amide bonds. The molecule has 0 heterocycles. The highest BCUT2D eigenvalue weighted by molar-refractivity contribution is 5.65. The highest BCUT2D eigenvalue weighted by Gasteiger charge is 2.25. The lowest BCUT2D eigenvalue weighted by Crippen LogP contribution is -2.21. The van der Waals surface area contributed by atoms with E-state index in [0.717, 1.165) is 25.7 Å². The summed E-state index contributed by atoms with van der Waals surface area (Å²) in [6, 6.07) is 15.0. The number of rotatable bonds is 8. The van der Waals surface area contributed by atoms with E-state index >= 15 is 0 Å². The summed E-state index contributed by atoms with van der Waals surface area (Å²) in [6.45, 7) is 2.36. The van der Waals surface area contributed by atoms with Crippen LogP contribution in [-0.4, -0.2) is 19.8 Å². The van der Waals surface area contributed by atoms with Gasteiger partial charge in [0.15, 0.2) is 11.6 Å². The van der Waals surface area contributed by atoms with E-state index in [1.807, 2.05) is 6.92 Å². The van der Waals surface area contributed by atoms with E-state index in [2.05, 4.69) is 0 Å². The highest BCUT2D eigenvalue weighted by atomic mass is 19.2. The van der Waals surface area contributed by atoms with Crippen molar-refractivity contribution in [3.8, 4) is 22.6 Å². The van der Waals surface area contributed by atoms with Crippen molar-refractivity contribution in [2.75, 3.05) is 13.7 Å². The van der Waals surface area contributed by atoms with E-state index < -0.39 is 11.6 Å². The first-order valence-corrected chi connectivity index (χ1v) is 11.6. The zero-order valence-electron chi connectivity index (χ0n) is 19.5. The van der Waals surface area contributed by atoms with Crippen LogP contribution in [0.25, 0.3) is 11.1 Å². The molecule has 0 bridgehead atoms. The predicted octanol–water partition coefficient (Wildman–Crippen LogP) is 7.42. The van der Waals surface area contributed by atoms with Crippen molar-refractivity contribution in [3.63, 3.8) is 0 Å². The molecule has 0 radical (unpaired) electrons. The first-order valence-electron chi connectivity index (χ1n) is 11.6. The molecule has 1 saturated carbocycles. The van der Waals surface area contributed by atoms with Crippen molar-refractivity contribution < 1.29 is 27.4 Å². The molecular weight excluding hydrogens is 441 g/mol. The Morgan fingerprint density at radius 3 is 2.18 bits per heavy atom. The van der Waals surface area contributed by atoms with Gasteiger partial charge in [-0.2, -0.15) is 0 Å². The minimum absolute atomic E-state index is 0.00159. The van der Waals surface area contributed by atoms with Gasteiger partial charge in [0.25, 0.3) is 0 Å². The third kappa shape index (κ3) is 5.39. The van der Waals surface area contributed by atoms with Crippen molar-refractivity contribution in [1.82, 2.24) is 0 Å². The zero-order chi connectivity index (χ0) is 24.1. The Labute approximate surface area is 198 Å². The van der Waals surface area contributed by atoms with E-state index in [1.165, 1.54) is 6.07 Å². The Bertz CT molecular complexity index is 1110. The van der Waals surface area contributed by atoms with Gasteiger partial charge in [-0.3, -0.25) is 0 Å². The van der Waals surface area contributed by atoms with Crippen molar-refractivity contribution in [2.45, 2.75) is 51.2 Å². The van der Waals surface area contributed by atoms with Crippen LogP contribution < -0.4 is 9.47 Å². The van der Waals surface area contributed by atoms with E-state index in [9.17, 15) is 13.2 Å². The fourth-order valence-electron chi connectivity index (χ4n) is 4.54. The molecule has 6 heteroatoms. The van der Waals surface area contributed by atoms with Crippen molar-refractivity contribution >= 4 is 0 Å². The minimum atomic E-state index is -0.890. The number of hydrogen-bond acceptors (Lipinski definition) is 3. The van der Waals surface area contributed by atoms with Crippen LogP contribution in [0.3, 0.4) is 0 Å². The van der Waals surface area contributed by atoms with Gasteiger partial charge < -0.3 is 14.2 Å². The van der Waals surface area contributed by atoms with Gasteiger partial charge in [-0.15, -0.1) is 0 Å². The maximum atomic E-state index is 14.7. The maximum Gasteiger partial charge on any atom is 0.167 e. The summed E-state index contributed by atoms with van der Waals surface area (Å²) in [7, 11) is 1.55. The maximum absolute atomic E-state index is 14.7. The summed E-state index contributed by atoms with van der Waals surface area (Å²) < 4.78 is 60.4. The zero-order valence-corrected chi connectivity index (χ0v) is 19.5. The number of ether oxygens (including phenoxy) is 3. The summed E-state index contributed by atoms with van der Waals surface area (Å²) >= 11 is 0. The summed E-state index contributed by atoms with van der Waals surface area (Å²) in [5.41, 5.74) is 1.66. The van der Waals surface area contributed by atoms with Gasteiger partial charge in [0, 0.05) is 17.2 Å².